The van der Waals surface area contributed by atoms with Gasteiger partial charge in [-0.3, -0.25) is 0 Å². The molecule has 0 atom stereocenters. The summed E-state index contributed by atoms with van der Waals surface area (Å²) in [5.41, 5.74) is 2.39. The zero-order valence-corrected chi connectivity index (χ0v) is 9.67. The molecule has 0 aromatic heterocycles. The van der Waals surface area contributed by atoms with Gasteiger partial charge in [-0.05, 0) is 30.5 Å². The van der Waals surface area contributed by atoms with E-state index in [1.54, 1.807) is 0 Å². The average Bonchev–Trinajstić information content (AvgIpc) is 2.07. The van der Waals surface area contributed by atoms with Crippen LogP contribution in [0.2, 0.25) is 5.02 Å². The van der Waals surface area contributed by atoms with Gasteiger partial charge in [-0.25, -0.2) is 0 Å². The molecule has 1 aromatic carbocycles. The summed E-state index contributed by atoms with van der Waals surface area (Å²) in [4.78, 5) is 0. The number of rotatable bonds is 2. The molecule has 0 bridgehead atoms. The lowest BCUT2D eigenvalue weighted by Gasteiger charge is -2.06. The molecule has 1 aromatic rings. The van der Waals surface area contributed by atoms with Crippen molar-refractivity contribution in [3.8, 4) is 0 Å². The summed E-state index contributed by atoms with van der Waals surface area (Å²) in [6, 6.07) is 4.15. The molecule has 0 nitrogen and oxygen atoms in total. The normalized spacial score (nSPS) is 10.3. The van der Waals surface area contributed by atoms with Gasteiger partial charge in [0.25, 0.3) is 0 Å². The fourth-order valence-corrected chi connectivity index (χ4v) is 1.88. The predicted octanol–water partition coefficient (Wildman–Crippen LogP) is 4.36. The lowest BCUT2D eigenvalue weighted by Crippen LogP contribution is -1.88. The van der Waals surface area contributed by atoms with E-state index in [-0.39, 0.29) is 0 Å². The van der Waals surface area contributed by atoms with Crippen LogP contribution in [0.4, 0.5) is 0 Å². The van der Waals surface area contributed by atoms with Gasteiger partial charge in [-0.1, -0.05) is 46.9 Å². The van der Waals surface area contributed by atoms with Gasteiger partial charge in [0.2, 0.25) is 0 Å². The lowest BCUT2D eigenvalue weighted by molar-refractivity contribution is 0.920. The Morgan fingerprint density at radius 2 is 2.08 bits per heavy atom. The Balaban J connectivity index is 3.08. The van der Waals surface area contributed by atoms with Crippen molar-refractivity contribution >= 4 is 27.5 Å². The molecule has 0 saturated heterocycles. The number of aryl methyl sites for hydroxylation is 1. The van der Waals surface area contributed by atoms with Gasteiger partial charge in [-0.2, -0.15) is 0 Å². The molecule has 0 aliphatic carbocycles. The monoisotopic (exact) mass is 246 g/mol. The molecule has 0 unspecified atom stereocenters. The first-order valence-corrected chi connectivity index (χ1v) is 5.27. The largest absolute Gasteiger partial charge is 0.0837 e. The standard InChI is InChI=1S/C10H12BrCl/c1-3-4-8-5-6-9(11)7(2)10(8)12/h5-6H,3-4H2,1-2H3. The Morgan fingerprint density at radius 3 is 2.67 bits per heavy atom. The Bertz CT molecular complexity index is 281. The summed E-state index contributed by atoms with van der Waals surface area (Å²) < 4.78 is 1.09. The quantitative estimate of drug-likeness (QED) is 0.728. The van der Waals surface area contributed by atoms with Crippen LogP contribution < -0.4 is 0 Å². The van der Waals surface area contributed by atoms with Crippen LogP contribution in [0.1, 0.15) is 24.5 Å². The number of hydrogen-bond acceptors (Lipinski definition) is 0. The van der Waals surface area contributed by atoms with Gasteiger partial charge in [-0.15, -0.1) is 0 Å². The van der Waals surface area contributed by atoms with Crippen LogP contribution in [-0.4, -0.2) is 0 Å². The smallest absolute Gasteiger partial charge is 0.0478 e. The molecule has 0 N–H and O–H groups in total. The number of halogens is 2. The van der Waals surface area contributed by atoms with Crippen LogP contribution in [0, 0.1) is 6.92 Å². The van der Waals surface area contributed by atoms with Gasteiger partial charge in [0.05, 0.1) is 0 Å². The second-order valence-corrected chi connectivity index (χ2v) is 4.13. The molecule has 0 heterocycles. The van der Waals surface area contributed by atoms with Gasteiger partial charge >= 0.3 is 0 Å². The molecule has 1 rings (SSSR count). The van der Waals surface area contributed by atoms with Crippen LogP contribution in [0.15, 0.2) is 16.6 Å². The molecule has 0 saturated carbocycles. The molecule has 0 spiro atoms. The van der Waals surface area contributed by atoms with Crippen molar-refractivity contribution in [2.75, 3.05) is 0 Å². The van der Waals surface area contributed by atoms with Gasteiger partial charge in [0.1, 0.15) is 0 Å². The van der Waals surface area contributed by atoms with E-state index in [9.17, 15) is 0 Å². The molecule has 12 heavy (non-hydrogen) atoms. The molecular formula is C10H12BrCl. The lowest BCUT2D eigenvalue weighted by atomic mass is 10.1. The second-order valence-electron chi connectivity index (χ2n) is 2.90. The Labute approximate surface area is 87.1 Å². The van der Waals surface area contributed by atoms with Gasteiger partial charge < -0.3 is 0 Å². The molecule has 0 aliphatic heterocycles. The van der Waals surface area contributed by atoms with Crippen LogP contribution in [0.3, 0.4) is 0 Å². The highest BCUT2D eigenvalue weighted by Gasteiger charge is 2.04. The van der Waals surface area contributed by atoms with Crippen molar-refractivity contribution in [3.63, 3.8) is 0 Å². The summed E-state index contributed by atoms with van der Waals surface area (Å²) >= 11 is 9.59. The maximum Gasteiger partial charge on any atom is 0.0478 e. The molecule has 0 fully saturated rings. The zero-order chi connectivity index (χ0) is 9.14. The van der Waals surface area contributed by atoms with E-state index < -0.39 is 0 Å². The van der Waals surface area contributed by atoms with Crippen LogP contribution in [-0.2, 0) is 6.42 Å². The van der Waals surface area contributed by atoms with E-state index in [1.807, 2.05) is 6.92 Å². The third-order valence-electron chi connectivity index (χ3n) is 1.92. The van der Waals surface area contributed by atoms with Crippen molar-refractivity contribution < 1.29 is 0 Å². The van der Waals surface area contributed by atoms with Crippen LogP contribution >= 0.6 is 27.5 Å². The number of benzene rings is 1. The van der Waals surface area contributed by atoms with E-state index >= 15 is 0 Å². The first-order chi connectivity index (χ1) is 5.66. The SMILES string of the molecule is CCCc1ccc(Br)c(C)c1Cl. The fourth-order valence-electron chi connectivity index (χ4n) is 1.18. The summed E-state index contributed by atoms with van der Waals surface area (Å²) in [5.74, 6) is 0. The van der Waals surface area contributed by atoms with Crippen molar-refractivity contribution in [1.29, 1.82) is 0 Å². The average molecular weight is 248 g/mol. The minimum Gasteiger partial charge on any atom is -0.0837 e. The fraction of sp³-hybridized carbons (Fsp3) is 0.400. The molecular weight excluding hydrogens is 235 g/mol. The van der Waals surface area contributed by atoms with E-state index in [0.29, 0.717) is 0 Å². The van der Waals surface area contributed by atoms with Gasteiger partial charge in [0, 0.05) is 9.50 Å². The molecule has 0 aliphatic rings. The molecule has 0 radical (unpaired) electrons. The third-order valence-corrected chi connectivity index (χ3v) is 3.30. The first kappa shape index (κ1) is 10.1. The van der Waals surface area contributed by atoms with E-state index in [4.69, 9.17) is 11.6 Å². The first-order valence-electron chi connectivity index (χ1n) is 4.10. The molecule has 0 amide bonds. The summed E-state index contributed by atoms with van der Waals surface area (Å²) in [6.07, 6.45) is 2.20. The molecule has 2 heteroatoms. The van der Waals surface area contributed by atoms with Gasteiger partial charge in [0.15, 0.2) is 0 Å². The highest BCUT2D eigenvalue weighted by molar-refractivity contribution is 9.10. The predicted molar refractivity (Wildman–Crippen MR) is 57.9 cm³/mol. The minimum absolute atomic E-state index is 0.909. The Kier molecular flexibility index (Phi) is 3.60. The third kappa shape index (κ3) is 2.02. The van der Waals surface area contributed by atoms with E-state index in [1.165, 1.54) is 5.56 Å². The van der Waals surface area contributed by atoms with E-state index in [0.717, 1.165) is 27.9 Å². The Morgan fingerprint density at radius 1 is 1.42 bits per heavy atom. The molecule has 66 valence electrons. The highest BCUT2D eigenvalue weighted by Crippen LogP contribution is 2.28. The van der Waals surface area contributed by atoms with Crippen molar-refractivity contribution in [2.24, 2.45) is 0 Å². The van der Waals surface area contributed by atoms with E-state index in [2.05, 4.69) is 35.0 Å². The summed E-state index contributed by atoms with van der Waals surface area (Å²) in [5, 5.41) is 0.909. The van der Waals surface area contributed by atoms with Crippen LogP contribution in [0.5, 0.6) is 0 Å². The topological polar surface area (TPSA) is 0 Å². The second kappa shape index (κ2) is 4.29. The minimum atomic E-state index is 0.909. The highest BCUT2D eigenvalue weighted by atomic mass is 79.9. The maximum absolute atomic E-state index is 6.15. The van der Waals surface area contributed by atoms with Crippen molar-refractivity contribution in [2.45, 2.75) is 26.7 Å². The van der Waals surface area contributed by atoms with Crippen molar-refractivity contribution in [1.82, 2.24) is 0 Å². The summed E-state index contributed by atoms with van der Waals surface area (Å²) in [7, 11) is 0. The van der Waals surface area contributed by atoms with Crippen LogP contribution in [0.25, 0.3) is 0 Å². The van der Waals surface area contributed by atoms with Crippen molar-refractivity contribution in [3.05, 3.63) is 32.8 Å². The number of hydrogen-bond donors (Lipinski definition) is 0. The Hall–Kier alpha value is -0.0100. The summed E-state index contributed by atoms with van der Waals surface area (Å²) in [6.45, 7) is 4.19. The maximum atomic E-state index is 6.15. The zero-order valence-electron chi connectivity index (χ0n) is 7.32.